The molecule has 9 heteroatoms. The van der Waals surface area contributed by atoms with Gasteiger partial charge in [0.1, 0.15) is 5.82 Å². The molecule has 2 heterocycles. The number of hydrogen-bond donors (Lipinski definition) is 1. The SMILES string of the molecule is Cc1ccc(S(=O)(=O)N2CCCCC2)cc1C(=O)Nc1ccc(N2CCOCC2)c(F)c1. The van der Waals surface area contributed by atoms with Crippen molar-refractivity contribution < 1.29 is 22.3 Å². The zero-order chi connectivity index (χ0) is 22.7. The first-order valence-corrected chi connectivity index (χ1v) is 12.3. The van der Waals surface area contributed by atoms with Gasteiger partial charge in [-0.3, -0.25) is 4.79 Å². The van der Waals surface area contributed by atoms with Crippen molar-refractivity contribution in [2.24, 2.45) is 0 Å². The number of nitrogens with one attached hydrogen (secondary N) is 1. The van der Waals surface area contributed by atoms with Crippen molar-refractivity contribution in [1.82, 2.24) is 4.31 Å². The second-order valence-corrected chi connectivity index (χ2v) is 10.1. The van der Waals surface area contributed by atoms with Crippen LogP contribution in [0.2, 0.25) is 0 Å². The molecule has 7 nitrogen and oxygen atoms in total. The van der Waals surface area contributed by atoms with E-state index < -0.39 is 21.7 Å². The minimum Gasteiger partial charge on any atom is -0.378 e. The number of piperidine rings is 1. The molecule has 1 N–H and O–H groups in total. The van der Waals surface area contributed by atoms with Crippen LogP contribution in [0.1, 0.15) is 35.2 Å². The standard InChI is InChI=1S/C23H28FN3O4S/c1-17-5-7-19(32(29,30)27-9-3-2-4-10-27)16-20(17)23(28)25-18-6-8-22(21(24)15-18)26-11-13-31-14-12-26/h5-8,15-16H,2-4,9-14H2,1H3,(H,25,28). The highest BCUT2D eigenvalue weighted by molar-refractivity contribution is 7.89. The fourth-order valence-electron chi connectivity index (χ4n) is 4.10. The third kappa shape index (κ3) is 4.79. The van der Waals surface area contributed by atoms with Crippen LogP contribution in [0.4, 0.5) is 15.8 Å². The fraction of sp³-hybridized carbons (Fsp3) is 0.435. The number of halogens is 1. The maximum absolute atomic E-state index is 14.7. The van der Waals surface area contributed by atoms with Gasteiger partial charge in [-0.05, 0) is 55.7 Å². The molecule has 2 aliphatic heterocycles. The predicted octanol–water partition coefficient (Wildman–Crippen LogP) is 3.40. The van der Waals surface area contributed by atoms with Crippen molar-refractivity contribution in [3.05, 3.63) is 53.3 Å². The Hall–Kier alpha value is -2.49. The first kappa shape index (κ1) is 22.7. The van der Waals surface area contributed by atoms with Gasteiger partial charge in [-0.25, -0.2) is 12.8 Å². The number of carbonyl (C=O) groups excluding carboxylic acids is 1. The zero-order valence-electron chi connectivity index (χ0n) is 18.1. The molecule has 0 aromatic heterocycles. The predicted molar refractivity (Wildman–Crippen MR) is 121 cm³/mol. The average molecular weight is 462 g/mol. The number of nitrogens with zero attached hydrogens (tertiary/aromatic N) is 2. The summed E-state index contributed by atoms with van der Waals surface area (Å²) in [5, 5.41) is 2.70. The normalized spacial score (nSPS) is 17.9. The Morgan fingerprint density at radius 1 is 1.00 bits per heavy atom. The second kappa shape index (κ2) is 9.56. The van der Waals surface area contributed by atoms with Gasteiger partial charge in [-0.2, -0.15) is 4.31 Å². The number of sulfonamides is 1. The van der Waals surface area contributed by atoms with E-state index in [9.17, 15) is 17.6 Å². The molecule has 0 atom stereocenters. The largest absolute Gasteiger partial charge is 0.378 e. The van der Waals surface area contributed by atoms with Gasteiger partial charge in [0.25, 0.3) is 5.91 Å². The molecule has 0 bridgehead atoms. The van der Waals surface area contributed by atoms with E-state index >= 15 is 0 Å². The summed E-state index contributed by atoms with van der Waals surface area (Å²) in [4.78, 5) is 14.9. The van der Waals surface area contributed by atoms with Crippen LogP contribution in [0.15, 0.2) is 41.3 Å². The van der Waals surface area contributed by atoms with Gasteiger partial charge in [-0.1, -0.05) is 12.5 Å². The van der Waals surface area contributed by atoms with Crippen molar-refractivity contribution in [1.29, 1.82) is 0 Å². The molecule has 2 aliphatic rings. The molecule has 0 radical (unpaired) electrons. The summed E-state index contributed by atoms with van der Waals surface area (Å²) in [5.74, 6) is -0.903. The van der Waals surface area contributed by atoms with Gasteiger partial charge in [0.15, 0.2) is 0 Å². The minimum absolute atomic E-state index is 0.101. The summed E-state index contributed by atoms with van der Waals surface area (Å²) >= 11 is 0. The lowest BCUT2D eigenvalue weighted by Crippen LogP contribution is -2.36. The lowest BCUT2D eigenvalue weighted by Gasteiger charge is -2.29. The van der Waals surface area contributed by atoms with Crippen LogP contribution in [0.5, 0.6) is 0 Å². The highest BCUT2D eigenvalue weighted by atomic mass is 32.2. The summed E-state index contributed by atoms with van der Waals surface area (Å²) in [7, 11) is -3.65. The summed E-state index contributed by atoms with van der Waals surface area (Å²) in [6, 6.07) is 9.15. The molecule has 4 rings (SSSR count). The van der Waals surface area contributed by atoms with Crippen molar-refractivity contribution >= 4 is 27.3 Å². The lowest BCUT2D eigenvalue weighted by atomic mass is 10.1. The fourth-order valence-corrected chi connectivity index (χ4v) is 5.65. The quantitative estimate of drug-likeness (QED) is 0.738. The smallest absolute Gasteiger partial charge is 0.255 e. The number of carbonyl (C=O) groups is 1. The number of aryl methyl sites for hydroxylation is 1. The summed E-state index contributed by atoms with van der Waals surface area (Å²) in [5.41, 5.74) is 1.68. The zero-order valence-corrected chi connectivity index (χ0v) is 19.0. The Morgan fingerprint density at radius 3 is 2.41 bits per heavy atom. The van der Waals surface area contributed by atoms with Crippen LogP contribution in [-0.2, 0) is 14.8 Å². The third-order valence-electron chi connectivity index (χ3n) is 5.96. The Labute approximate surface area is 188 Å². The number of benzene rings is 2. The van der Waals surface area contributed by atoms with E-state index in [1.54, 1.807) is 25.1 Å². The van der Waals surface area contributed by atoms with Crippen LogP contribution >= 0.6 is 0 Å². The van der Waals surface area contributed by atoms with Gasteiger partial charge in [0.2, 0.25) is 10.0 Å². The number of ether oxygens (including phenoxy) is 1. The topological polar surface area (TPSA) is 79.0 Å². The first-order valence-electron chi connectivity index (χ1n) is 10.9. The van der Waals surface area contributed by atoms with E-state index in [1.807, 2.05) is 4.90 Å². The van der Waals surface area contributed by atoms with Crippen LogP contribution < -0.4 is 10.2 Å². The van der Waals surface area contributed by atoms with E-state index in [4.69, 9.17) is 4.74 Å². The summed E-state index contributed by atoms with van der Waals surface area (Å²) in [6.45, 7) is 5.05. The number of rotatable bonds is 5. The Balaban J connectivity index is 1.53. The van der Waals surface area contributed by atoms with E-state index in [1.165, 1.54) is 22.5 Å². The molecule has 0 saturated carbocycles. The molecule has 0 unspecified atom stereocenters. The van der Waals surface area contributed by atoms with Gasteiger partial charge in [0, 0.05) is 37.4 Å². The van der Waals surface area contributed by atoms with E-state index in [-0.39, 0.29) is 10.5 Å². The van der Waals surface area contributed by atoms with Crippen LogP contribution in [0, 0.1) is 12.7 Å². The van der Waals surface area contributed by atoms with Crippen LogP contribution in [0.25, 0.3) is 0 Å². The molecular formula is C23H28FN3O4S. The molecule has 2 aromatic carbocycles. The van der Waals surface area contributed by atoms with E-state index in [0.29, 0.717) is 56.3 Å². The molecule has 2 fully saturated rings. The number of anilines is 2. The summed E-state index contributed by atoms with van der Waals surface area (Å²) in [6.07, 6.45) is 2.70. The van der Waals surface area contributed by atoms with E-state index in [2.05, 4.69) is 5.32 Å². The highest BCUT2D eigenvalue weighted by Gasteiger charge is 2.27. The molecule has 1 amide bonds. The molecule has 2 saturated heterocycles. The second-order valence-electron chi connectivity index (χ2n) is 8.16. The van der Waals surface area contributed by atoms with Crippen molar-refractivity contribution in [3.8, 4) is 0 Å². The molecule has 172 valence electrons. The van der Waals surface area contributed by atoms with Gasteiger partial charge >= 0.3 is 0 Å². The number of hydrogen-bond acceptors (Lipinski definition) is 5. The Kier molecular flexibility index (Phi) is 6.78. The monoisotopic (exact) mass is 461 g/mol. The third-order valence-corrected chi connectivity index (χ3v) is 7.86. The van der Waals surface area contributed by atoms with Gasteiger partial charge in [0.05, 0.1) is 23.8 Å². The maximum atomic E-state index is 14.7. The number of amides is 1. The minimum atomic E-state index is -3.65. The Morgan fingerprint density at radius 2 is 1.72 bits per heavy atom. The van der Waals surface area contributed by atoms with E-state index in [0.717, 1.165) is 19.3 Å². The molecule has 0 spiro atoms. The molecule has 0 aliphatic carbocycles. The molecular weight excluding hydrogens is 433 g/mol. The maximum Gasteiger partial charge on any atom is 0.255 e. The summed E-state index contributed by atoms with van der Waals surface area (Å²) < 4.78 is 47.4. The molecule has 32 heavy (non-hydrogen) atoms. The van der Waals surface area contributed by atoms with Crippen molar-refractivity contribution in [2.75, 3.05) is 49.6 Å². The first-order chi connectivity index (χ1) is 15.4. The average Bonchev–Trinajstić information content (AvgIpc) is 2.80. The van der Waals surface area contributed by atoms with Crippen molar-refractivity contribution in [3.63, 3.8) is 0 Å². The van der Waals surface area contributed by atoms with Crippen LogP contribution in [-0.4, -0.2) is 58.0 Å². The molecule has 2 aromatic rings. The van der Waals surface area contributed by atoms with Gasteiger partial charge < -0.3 is 15.0 Å². The van der Waals surface area contributed by atoms with Crippen molar-refractivity contribution in [2.45, 2.75) is 31.1 Å². The van der Waals surface area contributed by atoms with Gasteiger partial charge in [-0.15, -0.1) is 0 Å². The highest BCUT2D eigenvalue weighted by Crippen LogP contribution is 2.26. The lowest BCUT2D eigenvalue weighted by molar-refractivity contribution is 0.102. The number of morpholine rings is 1. The Bertz CT molecular complexity index is 1090. The van der Waals surface area contributed by atoms with Crippen LogP contribution in [0.3, 0.4) is 0 Å².